The van der Waals surface area contributed by atoms with Crippen LogP contribution in [0.1, 0.15) is 35.2 Å². The summed E-state index contributed by atoms with van der Waals surface area (Å²) in [4.78, 5) is 20.2. The van der Waals surface area contributed by atoms with E-state index in [1.807, 2.05) is 26.4 Å². The predicted molar refractivity (Wildman–Crippen MR) is 134 cm³/mol. The van der Waals surface area contributed by atoms with E-state index >= 15 is 0 Å². The summed E-state index contributed by atoms with van der Waals surface area (Å²) in [5.74, 6) is 0.115. The Bertz CT molecular complexity index is 1520. The molecule has 0 spiro atoms. The van der Waals surface area contributed by atoms with E-state index in [-0.39, 0.29) is 30.5 Å². The Kier molecular flexibility index (Phi) is 6.57. The Morgan fingerprint density at radius 2 is 2.25 bits per heavy atom. The number of rotatable bonds is 8. The smallest absolute Gasteiger partial charge is 0.320 e. The summed E-state index contributed by atoms with van der Waals surface area (Å²) in [6.45, 7) is 2.38. The van der Waals surface area contributed by atoms with E-state index in [4.69, 9.17) is 16.0 Å². The van der Waals surface area contributed by atoms with Crippen LogP contribution in [0, 0.1) is 0 Å². The van der Waals surface area contributed by atoms with Crippen molar-refractivity contribution in [3.63, 3.8) is 0 Å². The molecule has 0 fully saturated rings. The van der Waals surface area contributed by atoms with E-state index in [0.29, 0.717) is 35.1 Å². The summed E-state index contributed by atoms with van der Waals surface area (Å²) in [5, 5.41) is 28.8. The number of benzene rings is 1. The third-order valence-electron chi connectivity index (χ3n) is 6.04. The summed E-state index contributed by atoms with van der Waals surface area (Å²) in [7, 11) is 1.89. The van der Waals surface area contributed by atoms with Crippen molar-refractivity contribution in [2.75, 3.05) is 18.5 Å². The fourth-order valence-corrected chi connectivity index (χ4v) is 4.21. The Hall–Kier alpha value is -3.96. The van der Waals surface area contributed by atoms with E-state index in [9.17, 15) is 9.90 Å². The molecule has 1 aromatic carbocycles. The summed E-state index contributed by atoms with van der Waals surface area (Å²) in [6.07, 6.45) is 8.37. The minimum atomic E-state index is -0.312. The molecule has 2 unspecified atom stereocenters. The number of aryl methyl sites for hydroxylation is 1. The normalized spacial score (nSPS) is 15.5. The number of nitrogens with zero attached hydrogens (tertiary/aromatic N) is 5. The largest absolute Gasteiger partial charge is 0.403 e. The molecule has 2 atom stereocenters. The van der Waals surface area contributed by atoms with Crippen molar-refractivity contribution in [2.24, 2.45) is 12.0 Å². The lowest BCUT2D eigenvalue weighted by Gasteiger charge is -2.14. The van der Waals surface area contributed by atoms with Crippen LogP contribution in [0.15, 0.2) is 46.2 Å². The second-order valence-corrected chi connectivity index (χ2v) is 8.93. The van der Waals surface area contributed by atoms with E-state index in [1.54, 1.807) is 23.0 Å². The Labute approximate surface area is 210 Å². The number of aromatic amines is 1. The number of nitrogens with one attached hydrogen (secondary N) is 3. The van der Waals surface area contributed by atoms with E-state index in [1.165, 1.54) is 6.07 Å². The van der Waals surface area contributed by atoms with Gasteiger partial charge in [-0.2, -0.15) is 5.10 Å². The molecule has 0 bridgehead atoms. The zero-order valence-electron chi connectivity index (χ0n) is 19.7. The van der Waals surface area contributed by atoms with Crippen molar-refractivity contribution in [3.05, 3.63) is 63.6 Å². The van der Waals surface area contributed by atoms with Crippen LogP contribution in [-0.4, -0.2) is 55.2 Å². The van der Waals surface area contributed by atoms with Crippen molar-refractivity contribution >= 4 is 35.3 Å². The van der Waals surface area contributed by atoms with Gasteiger partial charge in [0.25, 0.3) is 11.8 Å². The number of carbonyl (C=O) groups excluding carboxylic acids is 1. The van der Waals surface area contributed by atoms with Crippen LogP contribution in [0.5, 0.6) is 0 Å². The number of H-pyrrole nitrogens is 1. The van der Waals surface area contributed by atoms with E-state index < -0.39 is 0 Å². The van der Waals surface area contributed by atoms with Gasteiger partial charge in [0, 0.05) is 36.1 Å². The highest BCUT2D eigenvalue weighted by atomic mass is 35.5. The number of amides is 1. The summed E-state index contributed by atoms with van der Waals surface area (Å²) < 4.78 is 7.63. The maximum atomic E-state index is 12.4. The number of aliphatic hydroxyl groups is 1. The van der Waals surface area contributed by atoms with Gasteiger partial charge in [-0.3, -0.25) is 14.5 Å². The number of hydrogen-bond acceptors (Lipinski definition) is 8. The lowest BCUT2D eigenvalue weighted by molar-refractivity contribution is 0.0915. The van der Waals surface area contributed by atoms with Crippen molar-refractivity contribution < 1.29 is 14.3 Å². The lowest BCUT2D eigenvalue weighted by atomic mass is 9.99. The van der Waals surface area contributed by atoms with E-state index in [2.05, 4.69) is 42.0 Å². The monoisotopic (exact) mass is 508 g/mol. The molecule has 0 saturated carbocycles. The van der Waals surface area contributed by atoms with Crippen molar-refractivity contribution in [1.82, 2.24) is 30.3 Å². The number of aliphatic hydroxyl groups excluding tert-OH is 1. The molecule has 3 aromatic heterocycles. The molecule has 1 aliphatic heterocycles. The van der Waals surface area contributed by atoms with Crippen molar-refractivity contribution in [1.29, 1.82) is 0 Å². The van der Waals surface area contributed by atoms with Gasteiger partial charge in [-0.25, -0.2) is 0 Å². The molecule has 4 N–H and O–H groups in total. The van der Waals surface area contributed by atoms with Gasteiger partial charge in [0.2, 0.25) is 0 Å². The fraction of sp³-hybridized carbons (Fsp3) is 0.292. The Morgan fingerprint density at radius 3 is 2.97 bits per heavy atom. The van der Waals surface area contributed by atoms with Gasteiger partial charge in [0.05, 0.1) is 41.7 Å². The average Bonchev–Trinajstić information content (AvgIpc) is 3.62. The van der Waals surface area contributed by atoms with Gasteiger partial charge < -0.3 is 25.1 Å². The number of hydrogen-bond donors (Lipinski definition) is 4. The van der Waals surface area contributed by atoms with Crippen LogP contribution in [0.3, 0.4) is 0 Å². The maximum absolute atomic E-state index is 12.4. The molecule has 5 rings (SSSR count). The Morgan fingerprint density at radius 1 is 1.39 bits per heavy atom. The van der Waals surface area contributed by atoms with Crippen LogP contribution in [0.4, 0.5) is 11.7 Å². The molecule has 0 saturated heterocycles. The number of fused-ring (bicyclic) bond motifs is 1. The van der Waals surface area contributed by atoms with Crippen LogP contribution in [0.2, 0.25) is 5.02 Å². The van der Waals surface area contributed by atoms with Gasteiger partial charge in [-0.1, -0.05) is 29.7 Å². The van der Waals surface area contributed by atoms with Crippen LogP contribution >= 0.6 is 11.6 Å². The minimum Gasteiger partial charge on any atom is -0.403 e. The lowest BCUT2D eigenvalue weighted by Crippen LogP contribution is -2.36. The molecule has 0 radical (unpaired) electrons. The molecule has 0 aliphatic carbocycles. The topological polar surface area (TPSA) is 146 Å². The molecule has 186 valence electrons. The number of halogens is 1. The van der Waals surface area contributed by atoms with Gasteiger partial charge in [-0.05, 0) is 30.2 Å². The van der Waals surface area contributed by atoms with Gasteiger partial charge in [0.15, 0.2) is 0 Å². The summed E-state index contributed by atoms with van der Waals surface area (Å²) in [6, 6.07) is 4.67. The third-order valence-corrected chi connectivity index (χ3v) is 6.35. The standard InChI is InChI=1S/C24H25ClN8O3/c1-3-16(12-34)29-22(35)13-4-5-20(19(25)7-13)30-24-32-31-23(36-24)18-10-27-21-17(18)6-14(8-26-21)15-9-28-33(2)11-15/h4-7,9-11,14,16,34H,3,8,12H2,1-2H3,(H,26,27)(H,29,35)(H,30,32). The quantitative estimate of drug-likeness (QED) is 0.284. The van der Waals surface area contributed by atoms with Gasteiger partial charge >= 0.3 is 6.01 Å². The maximum Gasteiger partial charge on any atom is 0.320 e. The first kappa shape index (κ1) is 23.8. The average molecular weight is 509 g/mol. The van der Waals surface area contributed by atoms with Crippen LogP contribution in [-0.2, 0) is 7.05 Å². The van der Waals surface area contributed by atoms with Crippen LogP contribution < -0.4 is 21.3 Å². The molecule has 1 amide bonds. The van der Waals surface area contributed by atoms with Crippen LogP contribution in [0.25, 0.3) is 17.5 Å². The third kappa shape index (κ3) is 4.75. The van der Waals surface area contributed by atoms with Crippen molar-refractivity contribution in [2.45, 2.75) is 25.3 Å². The first-order valence-electron chi connectivity index (χ1n) is 11.5. The second-order valence-electron chi connectivity index (χ2n) is 8.52. The highest BCUT2D eigenvalue weighted by Crippen LogP contribution is 2.27. The summed E-state index contributed by atoms with van der Waals surface area (Å²) >= 11 is 6.39. The zero-order valence-corrected chi connectivity index (χ0v) is 20.5. The highest BCUT2D eigenvalue weighted by Gasteiger charge is 2.19. The van der Waals surface area contributed by atoms with Gasteiger partial charge in [0.1, 0.15) is 5.49 Å². The van der Waals surface area contributed by atoms with Crippen molar-refractivity contribution in [3.8, 4) is 11.5 Å². The molecular weight excluding hydrogens is 484 g/mol. The zero-order chi connectivity index (χ0) is 25.2. The molecular formula is C24H25ClN8O3. The number of carbonyl (C=O) groups is 1. The molecule has 4 heterocycles. The SMILES string of the molecule is CCC(CO)NC(=O)c1ccc(Nc2nnc(-c3c[nH]c4c3=CC(c3cnn(C)c3)CN=4)o2)c(Cl)c1. The fourth-order valence-electron chi connectivity index (χ4n) is 3.98. The first-order valence-corrected chi connectivity index (χ1v) is 11.9. The molecule has 36 heavy (non-hydrogen) atoms. The molecule has 4 aromatic rings. The highest BCUT2D eigenvalue weighted by molar-refractivity contribution is 6.33. The first-order chi connectivity index (χ1) is 17.4. The summed E-state index contributed by atoms with van der Waals surface area (Å²) in [5.41, 5.74) is 3.48. The van der Waals surface area contributed by atoms with Gasteiger partial charge in [-0.15, -0.1) is 5.10 Å². The number of aromatic nitrogens is 5. The molecule has 11 nitrogen and oxygen atoms in total. The van der Waals surface area contributed by atoms with E-state index in [0.717, 1.165) is 21.8 Å². The Balaban J connectivity index is 1.35. The minimum absolute atomic E-state index is 0.0979. The second kappa shape index (κ2) is 9.96. The molecule has 12 heteroatoms. The number of anilines is 2. The molecule has 1 aliphatic rings. The predicted octanol–water partition coefficient (Wildman–Crippen LogP) is 1.89.